The van der Waals surface area contributed by atoms with Crippen LogP contribution in [0.15, 0.2) is 36.4 Å². The zero-order valence-electron chi connectivity index (χ0n) is 11.7. The van der Waals surface area contributed by atoms with E-state index in [1.54, 1.807) is 30.3 Å². The Labute approximate surface area is 118 Å². The Morgan fingerprint density at radius 1 is 1.00 bits per heavy atom. The van der Waals surface area contributed by atoms with Gasteiger partial charge in [-0.1, -0.05) is 26.0 Å². The van der Waals surface area contributed by atoms with Crippen molar-refractivity contribution in [2.75, 3.05) is 0 Å². The lowest BCUT2D eigenvalue weighted by Crippen LogP contribution is -1.98. The number of aromatic nitrogens is 1. The van der Waals surface area contributed by atoms with E-state index in [0.29, 0.717) is 11.6 Å². The normalized spacial score (nSPS) is 10.8. The summed E-state index contributed by atoms with van der Waals surface area (Å²) in [6.45, 7) is 4.06. The van der Waals surface area contributed by atoms with Crippen molar-refractivity contribution >= 4 is 0 Å². The minimum atomic E-state index is -0.0396. The summed E-state index contributed by atoms with van der Waals surface area (Å²) >= 11 is 0. The molecule has 20 heavy (non-hydrogen) atoms. The average molecular weight is 273 g/mol. The molecular formula is C16H19NO3. The van der Waals surface area contributed by atoms with Gasteiger partial charge in [-0.2, -0.15) is 0 Å². The van der Waals surface area contributed by atoms with Crippen molar-refractivity contribution in [3.8, 4) is 11.6 Å². The van der Waals surface area contributed by atoms with E-state index >= 15 is 0 Å². The number of benzene rings is 1. The highest BCUT2D eigenvalue weighted by Gasteiger charge is 2.07. The number of nitrogens with zero attached hydrogens (tertiary/aromatic N) is 1. The SMILES string of the molecule is CC(C)c1cc(CO)cc(Oc2ccc(CO)cc2)n1. The minimum absolute atomic E-state index is 0.00995. The van der Waals surface area contributed by atoms with E-state index in [-0.39, 0.29) is 19.1 Å². The minimum Gasteiger partial charge on any atom is -0.439 e. The molecule has 4 heteroatoms. The first kappa shape index (κ1) is 14.5. The van der Waals surface area contributed by atoms with Crippen LogP contribution >= 0.6 is 0 Å². The van der Waals surface area contributed by atoms with Crippen LogP contribution in [0.2, 0.25) is 0 Å². The summed E-state index contributed by atoms with van der Waals surface area (Å²) in [5.74, 6) is 1.39. The summed E-state index contributed by atoms with van der Waals surface area (Å²) in [5.41, 5.74) is 2.50. The third-order valence-electron chi connectivity index (χ3n) is 2.98. The van der Waals surface area contributed by atoms with Gasteiger partial charge in [0.1, 0.15) is 5.75 Å². The molecule has 4 nitrogen and oxygen atoms in total. The summed E-state index contributed by atoms with van der Waals surface area (Å²) in [4.78, 5) is 4.44. The highest BCUT2D eigenvalue weighted by molar-refractivity contribution is 5.33. The van der Waals surface area contributed by atoms with Gasteiger partial charge in [-0.15, -0.1) is 0 Å². The Balaban J connectivity index is 2.24. The van der Waals surface area contributed by atoms with Crippen LogP contribution in [0.5, 0.6) is 11.6 Å². The molecule has 0 amide bonds. The molecule has 0 fully saturated rings. The van der Waals surface area contributed by atoms with Gasteiger partial charge in [-0.05, 0) is 35.2 Å². The Hall–Kier alpha value is -1.91. The topological polar surface area (TPSA) is 62.6 Å². The molecule has 0 aliphatic rings. The van der Waals surface area contributed by atoms with E-state index in [2.05, 4.69) is 4.98 Å². The number of hydrogen-bond donors (Lipinski definition) is 2. The molecule has 0 spiro atoms. The second kappa shape index (κ2) is 6.50. The number of rotatable bonds is 5. The largest absolute Gasteiger partial charge is 0.439 e. The van der Waals surface area contributed by atoms with E-state index in [0.717, 1.165) is 16.8 Å². The zero-order chi connectivity index (χ0) is 14.5. The van der Waals surface area contributed by atoms with Crippen LogP contribution in [-0.4, -0.2) is 15.2 Å². The quantitative estimate of drug-likeness (QED) is 0.879. The highest BCUT2D eigenvalue weighted by Crippen LogP contribution is 2.24. The fourth-order valence-electron chi connectivity index (χ4n) is 1.80. The lowest BCUT2D eigenvalue weighted by Gasteiger charge is -2.11. The standard InChI is InChI=1S/C16H19NO3/c1-11(2)15-7-13(10-19)8-16(17-15)20-14-5-3-12(9-18)4-6-14/h3-8,11,18-19H,9-10H2,1-2H3. The molecule has 0 aliphatic heterocycles. The lowest BCUT2D eigenvalue weighted by atomic mass is 10.1. The molecule has 0 saturated heterocycles. The fourth-order valence-corrected chi connectivity index (χ4v) is 1.80. The summed E-state index contributed by atoms with van der Waals surface area (Å²) < 4.78 is 5.71. The van der Waals surface area contributed by atoms with Crippen LogP contribution in [-0.2, 0) is 13.2 Å². The molecule has 1 aromatic heterocycles. The van der Waals surface area contributed by atoms with Crippen molar-refractivity contribution in [3.05, 3.63) is 53.2 Å². The molecule has 0 unspecified atom stereocenters. The summed E-state index contributed by atoms with van der Waals surface area (Å²) in [5, 5.41) is 18.3. The molecule has 106 valence electrons. The fraction of sp³-hybridized carbons (Fsp3) is 0.312. The Morgan fingerprint density at radius 2 is 1.65 bits per heavy atom. The van der Waals surface area contributed by atoms with Crippen LogP contribution in [0.1, 0.15) is 36.6 Å². The molecule has 2 N–H and O–H groups in total. The van der Waals surface area contributed by atoms with E-state index in [1.165, 1.54) is 0 Å². The first-order valence-corrected chi connectivity index (χ1v) is 6.61. The number of aliphatic hydroxyl groups excluding tert-OH is 2. The molecule has 0 aliphatic carbocycles. The first-order chi connectivity index (χ1) is 9.62. The van der Waals surface area contributed by atoms with Gasteiger partial charge < -0.3 is 14.9 Å². The smallest absolute Gasteiger partial charge is 0.219 e. The van der Waals surface area contributed by atoms with Gasteiger partial charge in [0.15, 0.2) is 0 Å². The van der Waals surface area contributed by atoms with E-state index < -0.39 is 0 Å². The van der Waals surface area contributed by atoms with Crippen LogP contribution in [0.25, 0.3) is 0 Å². The van der Waals surface area contributed by atoms with Crippen LogP contribution in [0.3, 0.4) is 0 Å². The van der Waals surface area contributed by atoms with E-state index in [1.807, 2.05) is 19.9 Å². The number of aliphatic hydroxyl groups is 2. The van der Waals surface area contributed by atoms with Gasteiger partial charge in [0.05, 0.1) is 13.2 Å². The van der Waals surface area contributed by atoms with E-state index in [9.17, 15) is 5.11 Å². The number of ether oxygens (including phenoxy) is 1. The Morgan fingerprint density at radius 3 is 2.20 bits per heavy atom. The van der Waals surface area contributed by atoms with Gasteiger partial charge >= 0.3 is 0 Å². The Bertz CT molecular complexity index is 564. The lowest BCUT2D eigenvalue weighted by molar-refractivity contribution is 0.280. The van der Waals surface area contributed by atoms with Crippen molar-refractivity contribution in [2.45, 2.75) is 33.0 Å². The van der Waals surface area contributed by atoms with Crippen LogP contribution in [0.4, 0.5) is 0 Å². The molecule has 1 aromatic carbocycles. The average Bonchev–Trinajstić information content (AvgIpc) is 2.47. The van der Waals surface area contributed by atoms with E-state index in [4.69, 9.17) is 9.84 Å². The molecular weight excluding hydrogens is 254 g/mol. The van der Waals surface area contributed by atoms with Gasteiger partial charge in [-0.25, -0.2) is 4.98 Å². The van der Waals surface area contributed by atoms with Gasteiger partial charge in [0.2, 0.25) is 5.88 Å². The van der Waals surface area contributed by atoms with Crippen molar-refractivity contribution < 1.29 is 14.9 Å². The molecule has 1 heterocycles. The molecule has 2 aromatic rings. The van der Waals surface area contributed by atoms with Crippen molar-refractivity contribution in [1.29, 1.82) is 0 Å². The van der Waals surface area contributed by atoms with Gasteiger partial charge in [-0.3, -0.25) is 0 Å². The third-order valence-corrected chi connectivity index (χ3v) is 2.98. The van der Waals surface area contributed by atoms with Crippen LogP contribution < -0.4 is 4.74 Å². The summed E-state index contributed by atoms with van der Waals surface area (Å²) in [6, 6.07) is 10.8. The third kappa shape index (κ3) is 3.56. The Kier molecular flexibility index (Phi) is 4.71. The molecule has 0 radical (unpaired) electrons. The van der Waals surface area contributed by atoms with Crippen LogP contribution in [0, 0.1) is 0 Å². The van der Waals surface area contributed by atoms with Gasteiger partial charge in [0, 0.05) is 11.8 Å². The highest BCUT2D eigenvalue weighted by atomic mass is 16.5. The second-order valence-corrected chi connectivity index (χ2v) is 4.96. The summed E-state index contributed by atoms with van der Waals surface area (Å²) in [7, 11) is 0. The first-order valence-electron chi connectivity index (χ1n) is 6.61. The predicted octanol–water partition coefficient (Wildman–Crippen LogP) is 2.98. The zero-order valence-corrected chi connectivity index (χ0v) is 11.7. The maximum absolute atomic E-state index is 9.29. The second-order valence-electron chi connectivity index (χ2n) is 4.96. The van der Waals surface area contributed by atoms with Crippen molar-refractivity contribution in [2.24, 2.45) is 0 Å². The molecule has 0 atom stereocenters. The molecule has 0 saturated carbocycles. The number of hydrogen-bond acceptors (Lipinski definition) is 4. The maximum atomic E-state index is 9.29. The molecule has 2 rings (SSSR count). The van der Waals surface area contributed by atoms with Crippen molar-refractivity contribution in [3.63, 3.8) is 0 Å². The number of pyridine rings is 1. The van der Waals surface area contributed by atoms with Gasteiger partial charge in [0.25, 0.3) is 0 Å². The van der Waals surface area contributed by atoms with Crippen molar-refractivity contribution in [1.82, 2.24) is 4.98 Å². The predicted molar refractivity (Wildman–Crippen MR) is 76.7 cm³/mol. The monoisotopic (exact) mass is 273 g/mol. The maximum Gasteiger partial charge on any atom is 0.219 e. The summed E-state index contributed by atoms with van der Waals surface area (Å²) in [6.07, 6.45) is 0. The molecule has 0 bridgehead atoms.